The first-order valence-corrected chi connectivity index (χ1v) is 7.77. The summed E-state index contributed by atoms with van der Waals surface area (Å²) in [5.74, 6) is -0.962. The first kappa shape index (κ1) is 14.4. The lowest BCUT2D eigenvalue weighted by atomic mass is 9.95. The zero-order valence-electron chi connectivity index (χ0n) is 13.2. The second-order valence-corrected chi connectivity index (χ2v) is 5.84. The summed E-state index contributed by atoms with van der Waals surface area (Å²) in [7, 11) is 0. The predicted molar refractivity (Wildman–Crippen MR) is 96.4 cm³/mol. The third-order valence-corrected chi connectivity index (χ3v) is 4.41. The Hall–Kier alpha value is -3.20. The standard InChI is InChI=1S/C21H15NO2/c1-13-16-8-4-2-6-14(16)10-11-17(13)20-18(21(23)24)12-15-7-3-5-9-19(15)22-20/h2-12H,1H3,(H,23,24). The zero-order chi connectivity index (χ0) is 16.7. The van der Waals surface area contributed by atoms with Crippen LogP contribution in [0.25, 0.3) is 32.9 Å². The van der Waals surface area contributed by atoms with Gasteiger partial charge in [0, 0.05) is 10.9 Å². The van der Waals surface area contributed by atoms with Gasteiger partial charge in [-0.2, -0.15) is 0 Å². The van der Waals surface area contributed by atoms with E-state index in [1.807, 2.05) is 55.5 Å². The fourth-order valence-corrected chi connectivity index (χ4v) is 3.17. The van der Waals surface area contributed by atoms with Crippen molar-refractivity contribution in [1.82, 2.24) is 4.98 Å². The molecule has 1 aromatic heterocycles. The lowest BCUT2D eigenvalue weighted by molar-refractivity contribution is 0.0697. The van der Waals surface area contributed by atoms with E-state index in [1.165, 1.54) is 0 Å². The van der Waals surface area contributed by atoms with Gasteiger partial charge in [-0.1, -0.05) is 54.6 Å². The van der Waals surface area contributed by atoms with Crippen molar-refractivity contribution in [1.29, 1.82) is 0 Å². The molecule has 0 aliphatic heterocycles. The number of para-hydroxylation sites is 1. The minimum absolute atomic E-state index is 0.229. The van der Waals surface area contributed by atoms with E-state index >= 15 is 0 Å². The molecule has 1 heterocycles. The van der Waals surface area contributed by atoms with Gasteiger partial charge in [0.15, 0.2) is 0 Å². The molecule has 0 atom stereocenters. The summed E-state index contributed by atoms with van der Waals surface area (Å²) in [6.45, 7) is 2.01. The molecule has 0 fully saturated rings. The smallest absolute Gasteiger partial charge is 0.337 e. The van der Waals surface area contributed by atoms with Crippen molar-refractivity contribution in [2.75, 3.05) is 0 Å². The van der Waals surface area contributed by atoms with E-state index in [0.717, 1.165) is 32.8 Å². The Morgan fingerprint density at radius 1 is 0.917 bits per heavy atom. The van der Waals surface area contributed by atoms with Gasteiger partial charge in [0.2, 0.25) is 0 Å². The van der Waals surface area contributed by atoms with Crippen LogP contribution < -0.4 is 0 Å². The van der Waals surface area contributed by atoms with Crippen molar-refractivity contribution in [3.05, 3.63) is 77.9 Å². The van der Waals surface area contributed by atoms with Crippen molar-refractivity contribution in [2.24, 2.45) is 0 Å². The van der Waals surface area contributed by atoms with Crippen LogP contribution in [0.15, 0.2) is 66.7 Å². The Morgan fingerprint density at radius 3 is 2.42 bits per heavy atom. The van der Waals surface area contributed by atoms with Gasteiger partial charge in [0.1, 0.15) is 0 Å². The zero-order valence-corrected chi connectivity index (χ0v) is 13.2. The van der Waals surface area contributed by atoms with Crippen molar-refractivity contribution in [2.45, 2.75) is 6.92 Å². The third-order valence-electron chi connectivity index (χ3n) is 4.41. The van der Waals surface area contributed by atoms with E-state index in [0.29, 0.717) is 5.69 Å². The summed E-state index contributed by atoms with van der Waals surface area (Å²) in [5.41, 5.74) is 3.44. The quantitative estimate of drug-likeness (QED) is 0.562. The van der Waals surface area contributed by atoms with Crippen molar-refractivity contribution >= 4 is 27.6 Å². The van der Waals surface area contributed by atoms with Gasteiger partial charge in [0.05, 0.1) is 16.8 Å². The third kappa shape index (κ3) is 2.22. The summed E-state index contributed by atoms with van der Waals surface area (Å²) in [4.78, 5) is 16.4. The fraction of sp³-hybridized carbons (Fsp3) is 0.0476. The van der Waals surface area contributed by atoms with Gasteiger partial charge in [-0.3, -0.25) is 0 Å². The molecular weight excluding hydrogens is 298 g/mol. The highest BCUT2D eigenvalue weighted by Crippen LogP contribution is 2.32. The fourth-order valence-electron chi connectivity index (χ4n) is 3.17. The van der Waals surface area contributed by atoms with Crippen LogP contribution in [0, 0.1) is 6.92 Å². The topological polar surface area (TPSA) is 50.2 Å². The first-order valence-electron chi connectivity index (χ1n) is 7.77. The summed E-state index contributed by atoms with van der Waals surface area (Å²) >= 11 is 0. The molecule has 0 spiro atoms. The second kappa shape index (κ2) is 5.46. The van der Waals surface area contributed by atoms with E-state index in [1.54, 1.807) is 6.07 Å². The van der Waals surface area contributed by atoms with Crippen molar-refractivity contribution in [3.63, 3.8) is 0 Å². The number of aromatic nitrogens is 1. The van der Waals surface area contributed by atoms with Crippen LogP contribution in [0.3, 0.4) is 0 Å². The van der Waals surface area contributed by atoms with Crippen LogP contribution in [0.1, 0.15) is 15.9 Å². The molecule has 0 amide bonds. The van der Waals surface area contributed by atoms with Gasteiger partial charge in [0.25, 0.3) is 0 Å². The van der Waals surface area contributed by atoms with Gasteiger partial charge >= 0.3 is 5.97 Å². The van der Waals surface area contributed by atoms with E-state index < -0.39 is 5.97 Å². The minimum Gasteiger partial charge on any atom is -0.478 e. The maximum absolute atomic E-state index is 11.8. The van der Waals surface area contributed by atoms with Crippen LogP contribution in [-0.2, 0) is 0 Å². The Balaban J connectivity index is 2.07. The Bertz CT molecular complexity index is 1100. The summed E-state index contributed by atoms with van der Waals surface area (Å²) < 4.78 is 0. The van der Waals surface area contributed by atoms with Crippen molar-refractivity contribution in [3.8, 4) is 11.3 Å². The van der Waals surface area contributed by atoms with Gasteiger partial charge in [-0.15, -0.1) is 0 Å². The summed E-state index contributed by atoms with van der Waals surface area (Å²) in [6, 6.07) is 21.4. The number of carboxylic acids is 1. The lowest BCUT2D eigenvalue weighted by Crippen LogP contribution is -2.03. The maximum atomic E-state index is 11.8. The first-order chi connectivity index (χ1) is 11.6. The molecule has 116 valence electrons. The largest absolute Gasteiger partial charge is 0.478 e. The molecular formula is C21H15NO2. The van der Waals surface area contributed by atoms with E-state index in [4.69, 9.17) is 0 Å². The monoisotopic (exact) mass is 313 g/mol. The predicted octanol–water partition coefficient (Wildman–Crippen LogP) is 5.06. The Morgan fingerprint density at radius 2 is 1.62 bits per heavy atom. The Labute approximate surface area is 139 Å². The highest BCUT2D eigenvalue weighted by molar-refractivity contribution is 6.01. The molecule has 0 unspecified atom stereocenters. The van der Waals surface area contributed by atoms with E-state index in [2.05, 4.69) is 17.1 Å². The number of benzene rings is 3. The van der Waals surface area contributed by atoms with Gasteiger partial charge in [-0.05, 0) is 35.4 Å². The van der Waals surface area contributed by atoms with Gasteiger partial charge < -0.3 is 5.11 Å². The van der Waals surface area contributed by atoms with E-state index in [-0.39, 0.29) is 5.56 Å². The molecule has 0 aliphatic rings. The minimum atomic E-state index is -0.962. The molecule has 3 heteroatoms. The lowest BCUT2D eigenvalue weighted by Gasteiger charge is -2.12. The molecule has 3 aromatic carbocycles. The number of aromatic carboxylic acids is 1. The maximum Gasteiger partial charge on any atom is 0.337 e. The molecule has 24 heavy (non-hydrogen) atoms. The number of fused-ring (bicyclic) bond motifs is 2. The number of carboxylic acid groups (broad SMARTS) is 1. The highest BCUT2D eigenvalue weighted by atomic mass is 16.4. The molecule has 0 bridgehead atoms. The number of nitrogens with zero attached hydrogens (tertiary/aromatic N) is 1. The molecule has 4 aromatic rings. The Kier molecular flexibility index (Phi) is 3.28. The number of pyridine rings is 1. The molecule has 0 saturated carbocycles. The number of carbonyl (C=O) groups is 1. The normalized spacial score (nSPS) is 11.0. The van der Waals surface area contributed by atoms with Crippen molar-refractivity contribution < 1.29 is 9.90 Å². The average Bonchev–Trinajstić information content (AvgIpc) is 2.61. The SMILES string of the molecule is Cc1c(-c2nc3ccccc3cc2C(=O)O)ccc2ccccc12. The molecule has 0 saturated heterocycles. The van der Waals surface area contributed by atoms with Crippen LogP contribution >= 0.6 is 0 Å². The number of aryl methyl sites for hydroxylation is 1. The van der Waals surface area contributed by atoms with Gasteiger partial charge in [-0.25, -0.2) is 9.78 Å². The second-order valence-electron chi connectivity index (χ2n) is 5.84. The van der Waals surface area contributed by atoms with Crippen LogP contribution in [0.4, 0.5) is 0 Å². The summed E-state index contributed by atoms with van der Waals surface area (Å²) in [6.07, 6.45) is 0. The summed E-state index contributed by atoms with van der Waals surface area (Å²) in [5, 5.41) is 12.7. The molecule has 1 N–H and O–H groups in total. The highest BCUT2D eigenvalue weighted by Gasteiger charge is 2.17. The number of rotatable bonds is 2. The molecule has 0 radical (unpaired) electrons. The molecule has 4 rings (SSSR count). The number of hydrogen-bond acceptors (Lipinski definition) is 2. The van der Waals surface area contributed by atoms with Crippen LogP contribution in [0.2, 0.25) is 0 Å². The van der Waals surface area contributed by atoms with Crippen LogP contribution in [-0.4, -0.2) is 16.1 Å². The van der Waals surface area contributed by atoms with E-state index in [9.17, 15) is 9.90 Å². The van der Waals surface area contributed by atoms with Crippen LogP contribution in [0.5, 0.6) is 0 Å². The molecule has 0 aliphatic carbocycles. The molecule has 3 nitrogen and oxygen atoms in total. The number of hydrogen-bond donors (Lipinski definition) is 1. The average molecular weight is 313 g/mol.